The molecular weight excluding hydrogens is 160 g/mol. The Morgan fingerprint density at radius 1 is 1.64 bits per heavy atom. The summed E-state index contributed by atoms with van der Waals surface area (Å²) in [4.78, 5) is 4.54. The van der Waals surface area contributed by atoms with Gasteiger partial charge in [0.15, 0.2) is 0 Å². The van der Waals surface area contributed by atoms with Gasteiger partial charge in [-0.05, 0) is 12.1 Å². The van der Waals surface area contributed by atoms with E-state index in [4.69, 9.17) is 0 Å². The number of nitrogens with zero attached hydrogens (tertiary/aromatic N) is 2. The van der Waals surface area contributed by atoms with Crippen LogP contribution >= 0.6 is 0 Å². The third-order valence-corrected chi connectivity index (χ3v) is 3.23. The molecule has 1 rings (SSSR count). The van der Waals surface area contributed by atoms with Crippen LogP contribution in [0.25, 0.3) is 0 Å². The van der Waals surface area contributed by atoms with E-state index in [0.717, 1.165) is 0 Å². The van der Waals surface area contributed by atoms with Crippen LogP contribution < -0.4 is 0 Å². The fourth-order valence-electron chi connectivity index (χ4n) is 0.677. The first-order valence-corrected chi connectivity index (χ1v) is 5.09. The van der Waals surface area contributed by atoms with Crippen LogP contribution in [0.1, 0.15) is 0 Å². The van der Waals surface area contributed by atoms with Crippen LogP contribution in [0.4, 0.5) is 0 Å². The first-order chi connectivity index (χ1) is 5.17. The monoisotopic (exact) mass is 170 g/mol. The lowest BCUT2D eigenvalue weighted by Gasteiger charge is -1.99. The molecule has 1 unspecified atom stereocenters. The van der Waals surface area contributed by atoms with Crippen molar-refractivity contribution in [1.82, 2.24) is 4.98 Å². The SMILES string of the molecule is CN=S(C)(=O)c1cccnc1. The molecule has 1 aromatic heterocycles. The van der Waals surface area contributed by atoms with E-state index in [0.29, 0.717) is 4.90 Å². The highest BCUT2D eigenvalue weighted by molar-refractivity contribution is 7.93. The van der Waals surface area contributed by atoms with E-state index in [-0.39, 0.29) is 0 Å². The van der Waals surface area contributed by atoms with Crippen LogP contribution in [0, 0.1) is 0 Å². The molecule has 3 nitrogen and oxygen atoms in total. The highest BCUT2D eigenvalue weighted by Crippen LogP contribution is 2.07. The van der Waals surface area contributed by atoms with Crippen LogP contribution in [0.3, 0.4) is 0 Å². The molecule has 0 aliphatic carbocycles. The normalized spacial score (nSPS) is 15.5. The Balaban J connectivity index is 3.25. The van der Waals surface area contributed by atoms with Gasteiger partial charge in [0, 0.05) is 25.7 Å². The van der Waals surface area contributed by atoms with Crippen molar-refractivity contribution in [1.29, 1.82) is 0 Å². The Hall–Kier alpha value is -0.900. The lowest BCUT2D eigenvalue weighted by Crippen LogP contribution is -1.96. The van der Waals surface area contributed by atoms with Gasteiger partial charge in [-0.25, -0.2) is 8.57 Å². The highest BCUT2D eigenvalue weighted by Gasteiger charge is 2.01. The van der Waals surface area contributed by atoms with E-state index in [1.807, 2.05) is 0 Å². The molecule has 60 valence electrons. The molecule has 0 aliphatic heterocycles. The third kappa shape index (κ3) is 1.77. The Morgan fingerprint density at radius 2 is 2.36 bits per heavy atom. The van der Waals surface area contributed by atoms with E-state index >= 15 is 0 Å². The van der Waals surface area contributed by atoms with Crippen molar-refractivity contribution >= 4 is 9.73 Å². The van der Waals surface area contributed by atoms with Gasteiger partial charge < -0.3 is 0 Å². The summed E-state index contributed by atoms with van der Waals surface area (Å²) in [5, 5.41) is 0. The van der Waals surface area contributed by atoms with E-state index in [9.17, 15) is 4.21 Å². The van der Waals surface area contributed by atoms with E-state index in [1.54, 1.807) is 37.8 Å². The Morgan fingerprint density at radius 3 is 2.82 bits per heavy atom. The van der Waals surface area contributed by atoms with Crippen molar-refractivity contribution in [2.45, 2.75) is 4.90 Å². The van der Waals surface area contributed by atoms with Crippen LogP contribution in [0.5, 0.6) is 0 Å². The summed E-state index contributed by atoms with van der Waals surface area (Å²) in [6.45, 7) is 0. The van der Waals surface area contributed by atoms with Gasteiger partial charge in [-0.2, -0.15) is 0 Å². The number of hydrogen-bond donors (Lipinski definition) is 0. The average molecular weight is 170 g/mol. The fourth-order valence-corrected chi connectivity index (χ4v) is 1.47. The van der Waals surface area contributed by atoms with Crippen molar-refractivity contribution in [3.63, 3.8) is 0 Å². The van der Waals surface area contributed by atoms with Crippen molar-refractivity contribution in [2.24, 2.45) is 4.36 Å². The Labute approximate surface area is 66.7 Å². The topological polar surface area (TPSA) is 42.3 Å². The summed E-state index contributed by atoms with van der Waals surface area (Å²) < 4.78 is 15.3. The molecule has 0 radical (unpaired) electrons. The predicted octanol–water partition coefficient (Wildman–Crippen LogP) is 1.17. The number of rotatable bonds is 1. The highest BCUT2D eigenvalue weighted by atomic mass is 32.2. The van der Waals surface area contributed by atoms with E-state index in [2.05, 4.69) is 9.35 Å². The Kier molecular flexibility index (Phi) is 2.24. The standard InChI is InChI=1S/C7H10N2OS/c1-8-11(2,10)7-4-3-5-9-6-7/h3-6H,1-2H3. The number of aromatic nitrogens is 1. The first kappa shape index (κ1) is 8.20. The van der Waals surface area contributed by atoms with Crippen LogP contribution in [-0.2, 0) is 9.73 Å². The molecule has 0 amide bonds. The van der Waals surface area contributed by atoms with Crippen LogP contribution in [-0.4, -0.2) is 22.5 Å². The summed E-state index contributed by atoms with van der Waals surface area (Å²) in [7, 11) is -0.635. The van der Waals surface area contributed by atoms with E-state index in [1.165, 1.54) is 0 Å². The van der Waals surface area contributed by atoms with Gasteiger partial charge in [-0.1, -0.05) is 0 Å². The van der Waals surface area contributed by atoms with Crippen LogP contribution in [0.15, 0.2) is 33.8 Å². The third-order valence-electron chi connectivity index (χ3n) is 1.42. The minimum atomic E-state index is -2.19. The van der Waals surface area contributed by atoms with E-state index < -0.39 is 9.73 Å². The lowest BCUT2D eigenvalue weighted by atomic mass is 10.5. The minimum absolute atomic E-state index is 0.683. The Bertz CT molecular complexity index is 339. The molecular formula is C7H10N2OS. The molecule has 0 fully saturated rings. The second-order valence-corrected chi connectivity index (χ2v) is 4.62. The summed E-state index contributed by atoms with van der Waals surface area (Å²) in [6, 6.07) is 3.52. The molecule has 0 saturated heterocycles. The molecule has 1 heterocycles. The first-order valence-electron chi connectivity index (χ1n) is 3.17. The van der Waals surface area contributed by atoms with Gasteiger partial charge in [0.05, 0.1) is 14.6 Å². The number of pyridine rings is 1. The van der Waals surface area contributed by atoms with Gasteiger partial charge in [0.25, 0.3) is 0 Å². The molecule has 0 bridgehead atoms. The molecule has 1 atom stereocenters. The lowest BCUT2D eigenvalue weighted by molar-refractivity contribution is 0.679. The zero-order valence-electron chi connectivity index (χ0n) is 6.52. The molecule has 1 aromatic rings. The van der Waals surface area contributed by atoms with Crippen molar-refractivity contribution in [3.05, 3.63) is 24.5 Å². The zero-order chi connectivity index (χ0) is 8.32. The van der Waals surface area contributed by atoms with Crippen molar-refractivity contribution in [2.75, 3.05) is 13.3 Å². The van der Waals surface area contributed by atoms with Crippen molar-refractivity contribution < 1.29 is 4.21 Å². The summed E-state index contributed by atoms with van der Waals surface area (Å²) in [6.07, 6.45) is 4.83. The summed E-state index contributed by atoms with van der Waals surface area (Å²) >= 11 is 0. The molecule has 0 saturated carbocycles. The smallest absolute Gasteiger partial charge is 0.0735 e. The molecule has 0 aliphatic rings. The molecule has 0 spiro atoms. The largest absolute Gasteiger partial charge is 0.263 e. The van der Waals surface area contributed by atoms with Gasteiger partial charge in [0.2, 0.25) is 0 Å². The molecule has 4 heteroatoms. The average Bonchev–Trinajstić information content (AvgIpc) is 2.06. The van der Waals surface area contributed by atoms with Gasteiger partial charge in [-0.3, -0.25) is 4.98 Å². The molecule has 11 heavy (non-hydrogen) atoms. The molecule has 0 aromatic carbocycles. The summed E-state index contributed by atoms with van der Waals surface area (Å²) in [5.74, 6) is 0. The van der Waals surface area contributed by atoms with Crippen molar-refractivity contribution in [3.8, 4) is 0 Å². The maximum atomic E-state index is 11.5. The minimum Gasteiger partial charge on any atom is -0.263 e. The van der Waals surface area contributed by atoms with Gasteiger partial charge >= 0.3 is 0 Å². The zero-order valence-corrected chi connectivity index (χ0v) is 7.34. The van der Waals surface area contributed by atoms with Crippen LogP contribution in [0.2, 0.25) is 0 Å². The summed E-state index contributed by atoms with van der Waals surface area (Å²) in [5.41, 5.74) is 0. The maximum absolute atomic E-state index is 11.5. The fraction of sp³-hybridized carbons (Fsp3) is 0.286. The van der Waals surface area contributed by atoms with Gasteiger partial charge in [0.1, 0.15) is 0 Å². The second-order valence-electron chi connectivity index (χ2n) is 2.17. The van der Waals surface area contributed by atoms with Gasteiger partial charge in [-0.15, -0.1) is 0 Å². The quantitative estimate of drug-likeness (QED) is 0.635. The molecule has 0 N–H and O–H groups in total. The second kappa shape index (κ2) is 3.00. The maximum Gasteiger partial charge on any atom is 0.0735 e. The predicted molar refractivity (Wildman–Crippen MR) is 44.9 cm³/mol. The number of hydrogen-bond acceptors (Lipinski definition) is 3.